The van der Waals surface area contributed by atoms with Gasteiger partial charge in [-0.25, -0.2) is 0 Å². The lowest BCUT2D eigenvalue weighted by molar-refractivity contribution is -0.00175. The van der Waals surface area contributed by atoms with E-state index < -0.39 is 0 Å². The minimum absolute atomic E-state index is 0.00861. The molecule has 2 rings (SSSR count). The normalized spacial score (nSPS) is 23.4. The summed E-state index contributed by atoms with van der Waals surface area (Å²) in [7, 11) is 1.63. The van der Waals surface area contributed by atoms with E-state index in [0.717, 1.165) is 6.42 Å². The van der Waals surface area contributed by atoms with Crippen molar-refractivity contribution in [3.8, 4) is 11.5 Å². The van der Waals surface area contributed by atoms with Crippen LogP contribution < -0.4 is 0 Å². The fourth-order valence-corrected chi connectivity index (χ4v) is 2.43. The van der Waals surface area contributed by atoms with Crippen molar-refractivity contribution >= 4 is 5.91 Å². The van der Waals surface area contributed by atoms with Gasteiger partial charge in [0.15, 0.2) is 0 Å². The minimum Gasteiger partial charge on any atom is -0.507 e. The molecule has 104 valence electrons. The van der Waals surface area contributed by atoms with Crippen LogP contribution in [-0.2, 0) is 4.74 Å². The Balaban J connectivity index is 2.20. The molecule has 5 nitrogen and oxygen atoms in total. The SMILES string of the molecule is COC1CN(C(=O)c2c(O)cccc2O)CCC1C. The first-order chi connectivity index (χ1) is 9.04. The largest absolute Gasteiger partial charge is 0.507 e. The van der Waals surface area contributed by atoms with Crippen LogP contribution in [-0.4, -0.2) is 47.3 Å². The van der Waals surface area contributed by atoms with E-state index in [2.05, 4.69) is 6.92 Å². The van der Waals surface area contributed by atoms with Crippen molar-refractivity contribution in [2.45, 2.75) is 19.4 Å². The fraction of sp³-hybridized carbons (Fsp3) is 0.500. The van der Waals surface area contributed by atoms with Gasteiger partial charge in [-0.15, -0.1) is 0 Å². The van der Waals surface area contributed by atoms with Gasteiger partial charge < -0.3 is 19.8 Å². The number of aromatic hydroxyl groups is 2. The van der Waals surface area contributed by atoms with Crippen LogP contribution in [0, 0.1) is 5.92 Å². The molecule has 1 amide bonds. The summed E-state index contributed by atoms with van der Waals surface area (Å²) < 4.78 is 5.36. The zero-order valence-electron chi connectivity index (χ0n) is 11.2. The first-order valence-electron chi connectivity index (χ1n) is 6.37. The molecular weight excluding hydrogens is 246 g/mol. The van der Waals surface area contributed by atoms with Crippen LogP contribution in [0.25, 0.3) is 0 Å². The molecule has 0 aliphatic carbocycles. The molecular formula is C14H19NO4. The summed E-state index contributed by atoms with van der Waals surface area (Å²) in [5, 5.41) is 19.5. The minimum atomic E-state index is -0.357. The number of phenolic OH excluding ortho intramolecular Hbond substituents is 2. The number of hydrogen-bond acceptors (Lipinski definition) is 4. The third-order valence-electron chi connectivity index (χ3n) is 3.71. The van der Waals surface area contributed by atoms with Crippen molar-refractivity contribution in [1.29, 1.82) is 0 Å². The van der Waals surface area contributed by atoms with Crippen molar-refractivity contribution < 1.29 is 19.7 Å². The van der Waals surface area contributed by atoms with E-state index in [1.165, 1.54) is 18.2 Å². The second-order valence-electron chi connectivity index (χ2n) is 4.96. The number of benzene rings is 1. The molecule has 0 saturated carbocycles. The Kier molecular flexibility index (Phi) is 3.95. The molecule has 1 aromatic rings. The van der Waals surface area contributed by atoms with Crippen LogP contribution in [0.3, 0.4) is 0 Å². The van der Waals surface area contributed by atoms with Gasteiger partial charge in [0.1, 0.15) is 17.1 Å². The number of hydrogen-bond donors (Lipinski definition) is 2. The van der Waals surface area contributed by atoms with E-state index in [4.69, 9.17) is 4.74 Å². The molecule has 19 heavy (non-hydrogen) atoms. The Morgan fingerprint density at radius 1 is 1.37 bits per heavy atom. The van der Waals surface area contributed by atoms with Crippen molar-refractivity contribution in [3.63, 3.8) is 0 Å². The highest BCUT2D eigenvalue weighted by atomic mass is 16.5. The van der Waals surface area contributed by atoms with Gasteiger partial charge in [-0.3, -0.25) is 4.79 Å². The number of methoxy groups -OCH3 is 1. The summed E-state index contributed by atoms with van der Waals surface area (Å²) in [6.07, 6.45) is 0.837. The maximum atomic E-state index is 12.4. The monoisotopic (exact) mass is 265 g/mol. The third kappa shape index (κ3) is 2.66. The Morgan fingerprint density at radius 2 is 2.00 bits per heavy atom. The van der Waals surface area contributed by atoms with E-state index in [9.17, 15) is 15.0 Å². The average molecular weight is 265 g/mol. The molecule has 0 bridgehead atoms. The first kappa shape index (κ1) is 13.7. The maximum absolute atomic E-state index is 12.4. The topological polar surface area (TPSA) is 70.0 Å². The van der Waals surface area contributed by atoms with Crippen LogP contribution in [0.5, 0.6) is 11.5 Å². The Bertz CT molecular complexity index is 454. The quantitative estimate of drug-likeness (QED) is 0.852. The number of piperidine rings is 1. The number of likely N-dealkylation sites (tertiary alicyclic amines) is 1. The number of nitrogens with zero attached hydrogens (tertiary/aromatic N) is 1. The van der Waals surface area contributed by atoms with Gasteiger partial charge in [-0.1, -0.05) is 13.0 Å². The summed E-state index contributed by atoms with van der Waals surface area (Å²) in [6.45, 7) is 3.17. The fourth-order valence-electron chi connectivity index (χ4n) is 2.43. The highest BCUT2D eigenvalue weighted by Crippen LogP contribution is 2.29. The predicted octanol–water partition coefficient (Wildman–Crippen LogP) is 1.59. The van der Waals surface area contributed by atoms with Crippen molar-refractivity contribution in [2.75, 3.05) is 20.2 Å². The van der Waals surface area contributed by atoms with Crippen LogP contribution in [0.2, 0.25) is 0 Å². The van der Waals surface area contributed by atoms with E-state index in [-0.39, 0.29) is 29.1 Å². The van der Waals surface area contributed by atoms with E-state index >= 15 is 0 Å². The van der Waals surface area contributed by atoms with Crippen molar-refractivity contribution in [2.24, 2.45) is 5.92 Å². The lowest BCUT2D eigenvalue weighted by Crippen LogP contribution is -2.46. The standard InChI is InChI=1S/C14H19NO4/c1-9-6-7-15(8-12(9)19-2)14(18)13-10(16)4-3-5-11(13)17/h3-5,9,12,16-17H,6-8H2,1-2H3. The van der Waals surface area contributed by atoms with Gasteiger partial charge in [0.2, 0.25) is 0 Å². The van der Waals surface area contributed by atoms with Crippen LogP contribution in [0.1, 0.15) is 23.7 Å². The highest BCUT2D eigenvalue weighted by molar-refractivity contribution is 5.99. The van der Waals surface area contributed by atoms with Gasteiger partial charge in [-0.05, 0) is 24.5 Å². The molecule has 2 N–H and O–H groups in total. The Hall–Kier alpha value is -1.75. The van der Waals surface area contributed by atoms with E-state index in [1.54, 1.807) is 12.0 Å². The van der Waals surface area contributed by atoms with Gasteiger partial charge in [0.05, 0.1) is 6.10 Å². The van der Waals surface area contributed by atoms with Gasteiger partial charge in [0, 0.05) is 20.2 Å². The lowest BCUT2D eigenvalue weighted by atomic mass is 9.95. The number of carbonyl (C=O) groups excluding carboxylic acids is 1. The van der Waals surface area contributed by atoms with E-state index in [1.807, 2.05) is 0 Å². The molecule has 2 atom stereocenters. The van der Waals surface area contributed by atoms with Crippen LogP contribution in [0.15, 0.2) is 18.2 Å². The second kappa shape index (κ2) is 5.48. The van der Waals surface area contributed by atoms with Gasteiger partial charge in [0.25, 0.3) is 5.91 Å². The summed E-state index contributed by atoms with van der Waals surface area (Å²) in [5.74, 6) is -0.355. The number of ether oxygens (including phenoxy) is 1. The van der Waals surface area contributed by atoms with Crippen LogP contribution in [0.4, 0.5) is 0 Å². The van der Waals surface area contributed by atoms with E-state index in [0.29, 0.717) is 19.0 Å². The van der Waals surface area contributed by atoms with Crippen LogP contribution >= 0.6 is 0 Å². The molecule has 0 spiro atoms. The molecule has 1 saturated heterocycles. The second-order valence-corrected chi connectivity index (χ2v) is 4.96. The molecule has 1 fully saturated rings. The number of carbonyl (C=O) groups is 1. The lowest BCUT2D eigenvalue weighted by Gasteiger charge is -2.36. The molecule has 5 heteroatoms. The smallest absolute Gasteiger partial charge is 0.261 e. The number of rotatable bonds is 2. The molecule has 1 aliphatic rings. The molecule has 1 heterocycles. The summed E-state index contributed by atoms with van der Waals surface area (Å²) >= 11 is 0. The summed E-state index contributed by atoms with van der Waals surface area (Å²) in [6, 6.07) is 4.29. The molecule has 2 unspecified atom stereocenters. The maximum Gasteiger partial charge on any atom is 0.261 e. The predicted molar refractivity (Wildman–Crippen MR) is 70.3 cm³/mol. The average Bonchev–Trinajstić information content (AvgIpc) is 2.39. The molecule has 1 aromatic carbocycles. The first-order valence-corrected chi connectivity index (χ1v) is 6.37. The zero-order chi connectivity index (χ0) is 14.0. The Morgan fingerprint density at radius 3 is 2.58 bits per heavy atom. The third-order valence-corrected chi connectivity index (χ3v) is 3.71. The molecule has 1 aliphatic heterocycles. The van der Waals surface area contributed by atoms with Gasteiger partial charge in [-0.2, -0.15) is 0 Å². The Labute approximate surface area is 112 Å². The zero-order valence-corrected chi connectivity index (χ0v) is 11.2. The number of amides is 1. The molecule has 0 radical (unpaired) electrons. The summed E-state index contributed by atoms with van der Waals surface area (Å²) in [4.78, 5) is 14.0. The van der Waals surface area contributed by atoms with Crippen molar-refractivity contribution in [1.82, 2.24) is 4.90 Å². The van der Waals surface area contributed by atoms with Crippen molar-refractivity contribution in [3.05, 3.63) is 23.8 Å². The number of phenols is 2. The summed E-state index contributed by atoms with van der Waals surface area (Å²) in [5.41, 5.74) is -0.0353. The highest BCUT2D eigenvalue weighted by Gasteiger charge is 2.31. The van der Waals surface area contributed by atoms with Gasteiger partial charge >= 0.3 is 0 Å². The molecule has 0 aromatic heterocycles.